The summed E-state index contributed by atoms with van der Waals surface area (Å²) in [5, 5.41) is 12.2. The molecule has 0 unspecified atom stereocenters. The van der Waals surface area contributed by atoms with Crippen molar-refractivity contribution in [3.8, 4) is 27.3 Å². The summed E-state index contributed by atoms with van der Waals surface area (Å²) < 4.78 is 32.3. The highest BCUT2D eigenvalue weighted by Gasteiger charge is 2.33. The average molecular weight is 578 g/mol. The Balaban J connectivity index is 1.34. The second-order valence-electron chi connectivity index (χ2n) is 10.8. The maximum atomic E-state index is 13.0. The Morgan fingerprint density at radius 3 is 2.50 bits per heavy atom. The van der Waals surface area contributed by atoms with Gasteiger partial charge in [0, 0.05) is 40.7 Å². The van der Waals surface area contributed by atoms with Crippen LogP contribution in [0.5, 0.6) is 5.75 Å². The first-order chi connectivity index (χ1) is 18.9. The Morgan fingerprint density at radius 1 is 1.07 bits per heavy atom. The Bertz CT molecular complexity index is 1660. The zero-order valence-electron chi connectivity index (χ0n) is 22.7. The fourth-order valence-corrected chi connectivity index (χ4v) is 5.93. The van der Waals surface area contributed by atoms with E-state index in [0.717, 1.165) is 21.1 Å². The molecule has 8 nitrogen and oxygen atoms in total. The van der Waals surface area contributed by atoms with Crippen LogP contribution < -0.4 is 9.46 Å². The van der Waals surface area contributed by atoms with Gasteiger partial charge in [-0.1, -0.05) is 36.4 Å². The third-order valence-electron chi connectivity index (χ3n) is 6.95. The molecule has 0 radical (unpaired) electrons. The van der Waals surface area contributed by atoms with Crippen molar-refractivity contribution >= 4 is 27.3 Å². The van der Waals surface area contributed by atoms with Gasteiger partial charge in [-0.25, -0.2) is 18.1 Å². The topological polar surface area (TPSA) is 118 Å². The molecule has 0 fully saturated rings. The standard InChI is InChI=1S/C30H31N3O5S2/c1-18-31-16-27(39-18)20-9-11-22(32-15-20)13-21-17-38-26-14-19(10-12-25(26)28(21)34)23-7-5-6-8-24(23)29(35)33-40(36,37)30(2,3)4/h5-12,14-16,21,28,34H,13,17H2,1-4H3,(H,33,35)/t21-,28+/m1/s1. The quantitative estimate of drug-likeness (QED) is 0.318. The normalized spacial score (nSPS) is 17.1. The monoisotopic (exact) mass is 577 g/mol. The number of carbonyl (C=O) groups is 1. The molecule has 4 aromatic rings. The lowest BCUT2D eigenvalue weighted by Gasteiger charge is -2.30. The number of fused-ring (bicyclic) bond motifs is 1. The highest BCUT2D eigenvalue weighted by molar-refractivity contribution is 7.91. The van der Waals surface area contributed by atoms with Gasteiger partial charge in [0.15, 0.2) is 0 Å². The van der Waals surface area contributed by atoms with Crippen molar-refractivity contribution in [3.05, 3.63) is 88.8 Å². The molecule has 0 aliphatic carbocycles. The van der Waals surface area contributed by atoms with Crippen LogP contribution in [0, 0.1) is 12.8 Å². The van der Waals surface area contributed by atoms with Crippen LogP contribution in [0.25, 0.3) is 21.6 Å². The number of amides is 1. The minimum atomic E-state index is -3.88. The van der Waals surface area contributed by atoms with E-state index in [0.29, 0.717) is 35.5 Å². The van der Waals surface area contributed by atoms with Crippen molar-refractivity contribution in [2.75, 3.05) is 6.61 Å². The first-order valence-corrected chi connectivity index (χ1v) is 15.2. The van der Waals surface area contributed by atoms with Gasteiger partial charge < -0.3 is 9.84 Å². The minimum Gasteiger partial charge on any atom is -0.493 e. The first-order valence-electron chi connectivity index (χ1n) is 12.9. The smallest absolute Gasteiger partial charge is 0.265 e. The summed E-state index contributed by atoms with van der Waals surface area (Å²) in [7, 11) is -3.88. The zero-order valence-corrected chi connectivity index (χ0v) is 24.3. The van der Waals surface area contributed by atoms with Crippen LogP contribution in [0.4, 0.5) is 0 Å². The van der Waals surface area contributed by atoms with Crippen LogP contribution in [0.15, 0.2) is 67.0 Å². The van der Waals surface area contributed by atoms with E-state index >= 15 is 0 Å². The number of carbonyl (C=O) groups excluding carboxylic acids is 1. The fourth-order valence-electron chi connectivity index (χ4n) is 4.50. The lowest BCUT2D eigenvalue weighted by Crippen LogP contribution is -2.42. The summed E-state index contributed by atoms with van der Waals surface area (Å²) in [5.74, 6) is -0.348. The second-order valence-corrected chi connectivity index (χ2v) is 14.5. The van der Waals surface area contributed by atoms with Crippen molar-refractivity contribution in [3.63, 3.8) is 0 Å². The number of hydrogen-bond donors (Lipinski definition) is 2. The molecule has 2 aromatic heterocycles. The van der Waals surface area contributed by atoms with E-state index in [9.17, 15) is 18.3 Å². The molecule has 3 heterocycles. The molecule has 10 heteroatoms. The van der Waals surface area contributed by atoms with Gasteiger partial charge in [0.2, 0.25) is 10.0 Å². The van der Waals surface area contributed by atoms with E-state index < -0.39 is 26.8 Å². The molecule has 0 saturated heterocycles. The molecule has 1 aliphatic heterocycles. The molecule has 2 aromatic carbocycles. The predicted molar refractivity (Wildman–Crippen MR) is 156 cm³/mol. The van der Waals surface area contributed by atoms with Gasteiger partial charge >= 0.3 is 0 Å². The maximum Gasteiger partial charge on any atom is 0.265 e. The summed E-state index contributed by atoms with van der Waals surface area (Å²) in [4.78, 5) is 23.0. The molecule has 40 heavy (non-hydrogen) atoms. The number of benzene rings is 2. The van der Waals surface area contributed by atoms with Crippen molar-refractivity contribution < 1.29 is 23.1 Å². The van der Waals surface area contributed by atoms with Crippen molar-refractivity contribution in [1.82, 2.24) is 14.7 Å². The lowest BCUT2D eigenvalue weighted by molar-refractivity contribution is 0.0503. The Labute approximate surface area is 238 Å². The van der Waals surface area contributed by atoms with Gasteiger partial charge in [0.1, 0.15) is 5.75 Å². The van der Waals surface area contributed by atoms with Gasteiger partial charge in [-0.15, -0.1) is 11.3 Å². The van der Waals surface area contributed by atoms with Gasteiger partial charge in [-0.2, -0.15) is 0 Å². The van der Waals surface area contributed by atoms with Gasteiger partial charge in [0.25, 0.3) is 5.91 Å². The minimum absolute atomic E-state index is 0.178. The molecule has 5 rings (SSSR count). The largest absolute Gasteiger partial charge is 0.493 e. The molecule has 0 bridgehead atoms. The van der Waals surface area contributed by atoms with Crippen molar-refractivity contribution in [2.45, 2.75) is 45.0 Å². The van der Waals surface area contributed by atoms with Crippen LogP contribution in [0.2, 0.25) is 0 Å². The number of aliphatic hydroxyl groups is 1. The van der Waals surface area contributed by atoms with E-state index in [1.165, 1.54) is 20.8 Å². The molecule has 208 valence electrons. The number of hydrogen-bond acceptors (Lipinski definition) is 8. The lowest BCUT2D eigenvalue weighted by atomic mass is 9.88. The first kappa shape index (κ1) is 27.9. The predicted octanol–water partition coefficient (Wildman–Crippen LogP) is 5.32. The van der Waals surface area contributed by atoms with Gasteiger partial charge in [-0.05, 0) is 63.4 Å². The van der Waals surface area contributed by atoms with Crippen LogP contribution >= 0.6 is 11.3 Å². The molecular formula is C30H31N3O5S2. The molecule has 2 atom stereocenters. The maximum absolute atomic E-state index is 13.0. The number of thiazole rings is 1. The van der Waals surface area contributed by atoms with Crippen molar-refractivity contribution in [2.24, 2.45) is 5.92 Å². The second kappa shape index (κ2) is 10.8. The SMILES string of the molecule is Cc1ncc(-c2ccc(C[C@@H]3COc4cc(-c5ccccc5C(=O)NS(=O)(=O)C(C)(C)C)ccc4[C@H]3O)nc2)s1. The summed E-state index contributed by atoms with van der Waals surface area (Å²) in [5.41, 5.74) is 4.01. The average Bonchev–Trinajstić information content (AvgIpc) is 3.36. The molecule has 1 aliphatic rings. The number of rotatable bonds is 6. The number of ether oxygens (including phenoxy) is 1. The van der Waals surface area contributed by atoms with E-state index in [1.54, 1.807) is 47.7 Å². The van der Waals surface area contributed by atoms with Crippen molar-refractivity contribution in [1.29, 1.82) is 0 Å². The number of aryl methyl sites for hydroxylation is 1. The fraction of sp³-hybridized carbons (Fsp3) is 0.300. The highest BCUT2D eigenvalue weighted by atomic mass is 32.2. The van der Waals surface area contributed by atoms with E-state index in [2.05, 4.69) is 14.7 Å². The molecule has 2 N–H and O–H groups in total. The Kier molecular flexibility index (Phi) is 7.52. The molecule has 0 saturated carbocycles. The summed E-state index contributed by atoms with van der Waals surface area (Å²) >= 11 is 1.62. The number of aliphatic hydroxyl groups excluding tert-OH is 1. The number of nitrogens with one attached hydrogen (secondary N) is 1. The molecular weight excluding hydrogens is 546 g/mol. The summed E-state index contributed by atoms with van der Waals surface area (Å²) in [6, 6.07) is 16.2. The zero-order chi connectivity index (χ0) is 28.7. The van der Waals surface area contributed by atoms with E-state index in [4.69, 9.17) is 4.74 Å². The molecule has 0 spiro atoms. The van der Waals surface area contributed by atoms with E-state index in [1.807, 2.05) is 37.5 Å². The number of pyridine rings is 1. The van der Waals surface area contributed by atoms with Crippen LogP contribution in [-0.2, 0) is 16.4 Å². The number of aromatic nitrogens is 2. The summed E-state index contributed by atoms with van der Waals surface area (Å²) in [6.45, 7) is 6.87. The van der Waals surface area contributed by atoms with Gasteiger partial charge in [-0.3, -0.25) is 9.78 Å². The van der Waals surface area contributed by atoms with Crippen LogP contribution in [-0.4, -0.2) is 40.8 Å². The highest BCUT2D eigenvalue weighted by Crippen LogP contribution is 2.40. The Hall–Kier alpha value is -3.60. The summed E-state index contributed by atoms with van der Waals surface area (Å²) in [6.07, 6.45) is 3.48. The molecule has 1 amide bonds. The number of nitrogens with zero attached hydrogens (tertiary/aromatic N) is 2. The van der Waals surface area contributed by atoms with Gasteiger partial charge in [0.05, 0.1) is 27.3 Å². The van der Waals surface area contributed by atoms with Crippen LogP contribution in [0.1, 0.15) is 53.5 Å². The number of sulfonamides is 1. The van der Waals surface area contributed by atoms with Crippen LogP contribution in [0.3, 0.4) is 0 Å². The Morgan fingerprint density at radius 2 is 1.82 bits per heavy atom. The van der Waals surface area contributed by atoms with E-state index in [-0.39, 0.29) is 11.5 Å². The third-order valence-corrected chi connectivity index (χ3v) is 9.98. The third kappa shape index (κ3) is 5.65.